The van der Waals surface area contributed by atoms with E-state index in [1.807, 2.05) is 6.20 Å². The zero-order chi connectivity index (χ0) is 11.0. The van der Waals surface area contributed by atoms with Gasteiger partial charge in [0.25, 0.3) is 0 Å². The molecular weight excluding hydrogens is 272 g/mol. The second-order valence-corrected chi connectivity index (χ2v) is 5.32. The number of hydrogen-bond donors (Lipinski definition) is 1. The molecule has 0 aliphatic heterocycles. The third kappa shape index (κ3) is 1.92. The van der Waals surface area contributed by atoms with Crippen LogP contribution >= 0.6 is 27.3 Å². The molecule has 1 aromatic heterocycles. The van der Waals surface area contributed by atoms with Gasteiger partial charge in [0.2, 0.25) is 0 Å². The fraction of sp³-hybridized carbons (Fsp3) is 0.182. The Morgan fingerprint density at radius 1 is 1.27 bits per heavy atom. The van der Waals surface area contributed by atoms with E-state index in [0.29, 0.717) is 5.13 Å². The third-order valence-corrected chi connectivity index (χ3v) is 4.23. The minimum Gasteiger partial charge on any atom is -0.375 e. The molecule has 2 aromatic rings. The second kappa shape index (κ2) is 3.94. The van der Waals surface area contributed by atoms with Crippen LogP contribution in [0.4, 0.5) is 5.13 Å². The van der Waals surface area contributed by atoms with Crippen LogP contribution < -0.4 is 5.73 Å². The lowest BCUT2D eigenvalue weighted by atomic mass is 10.0. The Hall–Kier alpha value is -0.870. The van der Waals surface area contributed by atoms with Gasteiger partial charge in [0, 0.05) is 10.7 Å². The van der Waals surface area contributed by atoms with Gasteiger partial charge in [0.15, 0.2) is 5.13 Å². The topological polar surface area (TPSA) is 38.9 Å². The summed E-state index contributed by atoms with van der Waals surface area (Å²) in [6.07, 6.45) is 1.83. The minimum absolute atomic E-state index is 0.616. The predicted molar refractivity (Wildman–Crippen MR) is 69.1 cm³/mol. The van der Waals surface area contributed by atoms with Gasteiger partial charge in [0.1, 0.15) is 0 Å². The molecule has 0 spiro atoms. The van der Waals surface area contributed by atoms with E-state index >= 15 is 0 Å². The van der Waals surface area contributed by atoms with Crippen molar-refractivity contribution in [3.8, 4) is 10.4 Å². The summed E-state index contributed by atoms with van der Waals surface area (Å²) in [5, 5.41) is 0.616. The van der Waals surface area contributed by atoms with Gasteiger partial charge >= 0.3 is 0 Å². The van der Waals surface area contributed by atoms with E-state index in [-0.39, 0.29) is 0 Å². The van der Waals surface area contributed by atoms with Crippen molar-refractivity contribution in [2.24, 2.45) is 0 Å². The smallest absolute Gasteiger partial charge is 0.180 e. The van der Waals surface area contributed by atoms with Crippen LogP contribution in [-0.4, -0.2) is 4.98 Å². The van der Waals surface area contributed by atoms with Crippen LogP contribution in [0.3, 0.4) is 0 Å². The van der Waals surface area contributed by atoms with Crippen molar-refractivity contribution >= 4 is 32.4 Å². The van der Waals surface area contributed by atoms with Crippen LogP contribution in [-0.2, 0) is 0 Å². The summed E-state index contributed by atoms with van der Waals surface area (Å²) in [5.74, 6) is 0. The minimum atomic E-state index is 0.616. The summed E-state index contributed by atoms with van der Waals surface area (Å²) < 4.78 is 1.14. The number of rotatable bonds is 1. The molecule has 0 saturated heterocycles. The van der Waals surface area contributed by atoms with Gasteiger partial charge in [-0.3, -0.25) is 0 Å². The van der Waals surface area contributed by atoms with E-state index in [1.165, 1.54) is 28.0 Å². The Kier molecular flexibility index (Phi) is 2.80. The summed E-state index contributed by atoms with van der Waals surface area (Å²) in [7, 11) is 0. The van der Waals surface area contributed by atoms with Crippen LogP contribution in [0.1, 0.15) is 11.1 Å². The molecule has 2 N–H and O–H groups in total. The molecular formula is C11H11BrN2S. The highest BCUT2D eigenvalue weighted by Gasteiger charge is 2.08. The molecule has 0 radical (unpaired) electrons. The molecule has 0 saturated carbocycles. The van der Waals surface area contributed by atoms with Crippen molar-refractivity contribution in [3.05, 3.63) is 33.9 Å². The monoisotopic (exact) mass is 282 g/mol. The maximum atomic E-state index is 5.63. The van der Waals surface area contributed by atoms with Gasteiger partial charge in [-0.1, -0.05) is 33.3 Å². The van der Waals surface area contributed by atoms with E-state index < -0.39 is 0 Å². The molecule has 1 aromatic carbocycles. The SMILES string of the molecule is Cc1c(Br)ccc(-c2cnc(N)s2)c1C. The zero-order valence-corrected chi connectivity index (χ0v) is 10.9. The first-order valence-corrected chi connectivity index (χ1v) is 6.18. The first kappa shape index (κ1) is 10.6. The van der Waals surface area contributed by atoms with Crippen LogP contribution in [0.2, 0.25) is 0 Å². The molecule has 0 fully saturated rings. The molecule has 0 bridgehead atoms. The van der Waals surface area contributed by atoms with Crippen molar-refractivity contribution in [2.45, 2.75) is 13.8 Å². The molecule has 4 heteroatoms. The Balaban J connectivity index is 2.59. The number of anilines is 1. The van der Waals surface area contributed by atoms with Gasteiger partial charge in [-0.2, -0.15) is 0 Å². The summed E-state index contributed by atoms with van der Waals surface area (Å²) in [6.45, 7) is 4.22. The van der Waals surface area contributed by atoms with Crippen LogP contribution in [0.25, 0.3) is 10.4 Å². The molecule has 0 unspecified atom stereocenters. The van der Waals surface area contributed by atoms with Gasteiger partial charge in [-0.15, -0.1) is 0 Å². The quantitative estimate of drug-likeness (QED) is 0.865. The van der Waals surface area contributed by atoms with Crippen LogP contribution in [0, 0.1) is 13.8 Å². The number of nitrogens with two attached hydrogens (primary N) is 1. The summed E-state index contributed by atoms with van der Waals surface area (Å²) in [5.41, 5.74) is 9.38. The third-order valence-electron chi connectivity index (χ3n) is 2.51. The predicted octanol–water partition coefficient (Wildman–Crippen LogP) is 3.77. The van der Waals surface area contributed by atoms with Gasteiger partial charge in [0.05, 0.1) is 4.88 Å². The molecule has 2 nitrogen and oxygen atoms in total. The summed E-state index contributed by atoms with van der Waals surface area (Å²) in [4.78, 5) is 5.20. The standard InChI is InChI=1S/C11H11BrN2S/c1-6-7(2)9(12)4-3-8(6)10-5-14-11(13)15-10/h3-5H,1-2H3,(H2,13,14). The largest absolute Gasteiger partial charge is 0.375 e. The fourth-order valence-corrected chi connectivity index (χ4v) is 2.66. The molecule has 2 rings (SSSR count). The average molecular weight is 283 g/mol. The lowest BCUT2D eigenvalue weighted by molar-refractivity contribution is 1.32. The number of nitrogens with zero attached hydrogens (tertiary/aromatic N) is 1. The molecule has 0 atom stereocenters. The molecule has 1 heterocycles. The van der Waals surface area contributed by atoms with Crippen LogP contribution in [0.15, 0.2) is 22.8 Å². The lowest BCUT2D eigenvalue weighted by Gasteiger charge is -2.07. The number of hydrogen-bond acceptors (Lipinski definition) is 3. The number of aromatic nitrogens is 1. The first-order chi connectivity index (χ1) is 7.09. The van der Waals surface area contributed by atoms with Crippen molar-refractivity contribution in [2.75, 3.05) is 5.73 Å². The Morgan fingerprint density at radius 2 is 2.00 bits per heavy atom. The Morgan fingerprint density at radius 3 is 2.60 bits per heavy atom. The van der Waals surface area contributed by atoms with Gasteiger partial charge in [-0.05, 0) is 36.6 Å². The van der Waals surface area contributed by atoms with E-state index in [9.17, 15) is 0 Å². The van der Waals surface area contributed by atoms with E-state index in [0.717, 1.165) is 9.35 Å². The molecule has 0 aliphatic carbocycles. The molecule has 0 aliphatic rings. The molecule has 15 heavy (non-hydrogen) atoms. The van der Waals surface area contributed by atoms with Crippen molar-refractivity contribution in [1.29, 1.82) is 0 Å². The lowest BCUT2D eigenvalue weighted by Crippen LogP contribution is -1.86. The number of nitrogen functional groups attached to an aromatic ring is 1. The Bertz CT molecular complexity index is 505. The zero-order valence-electron chi connectivity index (χ0n) is 8.54. The van der Waals surface area contributed by atoms with Crippen LogP contribution in [0.5, 0.6) is 0 Å². The fourth-order valence-electron chi connectivity index (χ4n) is 1.47. The molecule has 0 amide bonds. The highest BCUT2D eigenvalue weighted by atomic mass is 79.9. The van der Waals surface area contributed by atoms with Gasteiger partial charge in [-0.25, -0.2) is 4.98 Å². The highest BCUT2D eigenvalue weighted by Crippen LogP contribution is 2.33. The summed E-state index contributed by atoms with van der Waals surface area (Å²) in [6, 6.07) is 4.16. The van der Waals surface area contributed by atoms with Crippen molar-refractivity contribution in [1.82, 2.24) is 4.98 Å². The number of halogens is 1. The maximum absolute atomic E-state index is 5.63. The normalized spacial score (nSPS) is 10.6. The summed E-state index contributed by atoms with van der Waals surface area (Å²) >= 11 is 5.04. The van der Waals surface area contributed by atoms with E-state index in [1.54, 1.807) is 0 Å². The number of benzene rings is 1. The van der Waals surface area contributed by atoms with E-state index in [2.05, 4.69) is 46.9 Å². The number of thiazole rings is 1. The van der Waals surface area contributed by atoms with Crippen molar-refractivity contribution in [3.63, 3.8) is 0 Å². The Labute approximate surface area is 101 Å². The average Bonchev–Trinajstić information content (AvgIpc) is 2.61. The maximum Gasteiger partial charge on any atom is 0.180 e. The van der Waals surface area contributed by atoms with E-state index in [4.69, 9.17) is 5.73 Å². The first-order valence-electron chi connectivity index (χ1n) is 4.57. The second-order valence-electron chi connectivity index (χ2n) is 3.41. The highest BCUT2D eigenvalue weighted by molar-refractivity contribution is 9.10. The van der Waals surface area contributed by atoms with Crippen molar-refractivity contribution < 1.29 is 0 Å². The molecule has 78 valence electrons. The van der Waals surface area contributed by atoms with Gasteiger partial charge < -0.3 is 5.73 Å².